The van der Waals surface area contributed by atoms with Gasteiger partial charge in [-0.15, -0.1) is 0 Å². The molecule has 3 aliphatic rings. The van der Waals surface area contributed by atoms with Crippen LogP contribution in [0.1, 0.15) is 20.3 Å². The van der Waals surface area contributed by atoms with Gasteiger partial charge in [0.2, 0.25) is 5.91 Å². The topological polar surface area (TPSA) is 73.9 Å². The van der Waals surface area contributed by atoms with Crippen LogP contribution >= 0.6 is 11.8 Å². The number of nitrogens with one attached hydrogen (secondary N) is 2. The van der Waals surface area contributed by atoms with Crippen LogP contribution in [0, 0.1) is 5.92 Å². The quantitative estimate of drug-likeness (QED) is 0.500. The average Bonchev–Trinajstić information content (AvgIpc) is 3.11. The number of fused-ring (bicyclic) bond motifs is 1. The highest BCUT2D eigenvalue weighted by atomic mass is 32.2. The Hall–Kier alpha value is -0.990. The van der Waals surface area contributed by atoms with Crippen molar-refractivity contribution in [2.75, 3.05) is 51.7 Å². The fraction of sp³-hybridized carbons (Fsp3) is 0.882. The van der Waals surface area contributed by atoms with E-state index in [9.17, 15) is 9.59 Å². The fourth-order valence-corrected chi connectivity index (χ4v) is 5.15. The van der Waals surface area contributed by atoms with Crippen LogP contribution in [0.15, 0.2) is 0 Å². The van der Waals surface area contributed by atoms with E-state index >= 15 is 0 Å². The zero-order chi connectivity index (χ0) is 17.8. The van der Waals surface area contributed by atoms with Crippen molar-refractivity contribution in [1.29, 1.82) is 0 Å². The van der Waals surface area contributed by atoms with Crippen molar-refractivity contribution >= 4 is 23.7 Å². The summed E-state index contributed by atoms with van der Waals surface area (Å²) in [5, 5.41) is 6.15. The minimum atomic E-state index is -0.0768. The third kappa shape index (κ3) is 5.01. The van der Waals surface area contributed by atoms with Gasteiger partial charge in [0, 0.05) is 38.5 Å². The van der Waals surface area contributed by atoms with Crippen molar-refractivity contribution < 1.29 is 14.3 Å². The maximum Gasteiger partial charge on any atom is 0.315 e. The molecule has 0 aromatic carbocycles. The molecule has 3 amide bonds. The molecule has 3 saturated heterocycles. The molecule has 0 aromatic rings. The van der Waals surface area contributed by atoms with E-state index in [-0.39, 0.29) is 29.3 Å². The van der Waals surface area contributed by atoms with Gasteiger partial charge in [-0.3, -0.25) is 9.69 Å². The van der Waals surface area contributed by atoms with Gasteiger partial charge in [0.15, 0.2) is 0 Å². The molecule has 3 fully saturated rings. The highest BCUT2D eigenvalue weighted by Gasteiger charge is 2.43. The lowest BCUT2D eigenvalue weighted by Gasteiger charge is -2.35. The molecule has 0 aliphatic carbocycles. The van der Waals surface area contributed by atoms with E-state index in [1.54, 1.807) is 0 Å². The number of piperazine rings is 1. The maximum atomic E-state index is 12.3. The number of hydrogen-bond donors (Lipinski definition) is 2. The Morgan fingerprint density at radius 2 is 2.04 bits per heavy atom. The number of nitrogens with zero attached hydrogens (tertiary/aromatic N) is 2. The number of carbonyl (C=O) groups is 2. The minimum absolute atomic E-state index is 0.0768. The average molecular weight is 371 g/mol. The Balaban J connectivity index is 1.29. The molecule has 0 aromatic heterocycles. The molecule has 7 nitrogen and oxygen atoms in total. The van der Waals surface area contributed by atoms with Crippen molar-refractivity contribution in [3.05, 3.63) is 0 Å². The van der Waals surface area contributed by atoms with Crippen LogP contribution in [0.25, 0.3) is 0 Å². The third-order valence-corrected chi connectivity index (χ3v) is 6.44. The molecule has 3 aliphatic heterocycles. The first-order valence-corrected chi connectivity index (χ1v) is 10.3. The van der Waals surface area contributed by atoms with Gasteiger partial charge in [0.05, 0.1) is 37.0 Å². The number of ether oxygens (including phenoxy) is 1. The van der Waals surface area contributed by atoms with Gasteiger partial charge >= 0.3 is 6.03 Å². The first kappa shape index (κ1) is 18.8. The van der Waals surface area contributed by atoms with Crippen LogP contribution < -0.4 is 10.6 Å². The first-order valence-electron chi connectivity index (χ1n) is 9.29. The molecule has 8 heteroatoms. The summed E-state index contributed by atoms with van der Waals surface area (Å²) in [4.78, 5) is 28.0. The fourth-order valence-electron chi connectivity index (χ4n) is 3.75. The first-order chi connectivity index (χ1) is 12.0. The number of thioether (sulfide) groups is 1. The van der Waals surface area contributed by atoms with Crippen molar-refractivity contribution in [1.82, 2.24) is 20.4 Å². The molecular formula is C17H30N4O3S. The number of rotatable bonds is 7. The normalized spacial score (nSPS) is 29.6. The summed E-state index contributed by atoms with van der Waals surface area (Å²) in [6, 6.07) is 0.296. The van der Waals surface area contributed by atoms with Gasteiger partial charge in [-0.2, -0.15) is 11.8 Å². The Kier molecular flexibility index (Phi) is 6.46. The summed E-state index contributed by atoms with van der Waals surface area (Å²) in [6.07, 6.45) is 0.445. The Bertz CT molecular complexity index is 483. The smallest absolute Gasteiger partial charge is 0.315 e. The summed E-state index contributed by atoms with van der Waals surface area (Å²) in [5.41, 5.74) is 0. The molecular weight excluding hydrogens is 340 g/mol. The third-order valence-electron chi connectivity index (χ3n) is 5.03. The molecule has 3 unspecified atom stereocenters. The van der Waals surface area contributed by atoms with E-state index in [0.29, 0.717) is 25.6 Å². The van der Waals surface area contributed by atoms with Crippen LogP contribution in [-0.4, -0.2) is 90.8 Å². The van der Waals surface area contributed by atoms with E-state index in [2.05, 4.69) is 29.4 Å². The van der Waals surface area contributed by atoms with Crippen molar-refractivity contribution in [3.63, 3.8) is 0 Å². The van der Waals surface area contributed by atoms with Gasteiger partial charge in [-0.25, -0.2) is 4.79 Å². The number of carbonyl (C=O) groups excluding carboxylic acids is 2. The Morgan fingerprint density at radius 1 is 1.28 bits per heavy atom. The number of amides is 3. The molecule has 3 heterocycles. The predicted molar refractivity (Wildman–Crippen MR) is 98.8 cm³/mol. The van der Waals surface area contributed by atoms with Gasteiger partial charge in [-0.05, 0) is 5.92 Å². The second-order valence-corrected chi connectivity index (χ2v) is 8.79. The molecule has 3 atom stereocenters. The van der Waals surface area contributed by atoms with E-state index in [4.69, 9.17) is 4.74 Å². The molecule has 0 bridgehead atoms. The largest absolute Gasteiger partial charge is 0.380 e. The van der Waals surface area contributed by atoms with Gasteiger partial charge < -0.3 is 20.3 Å². The lowest BCUT2D eigenvalue weighted by Crippen LogP contribution is -2.49. The summed E-state index contributed by atoms with van der Waals surface area (Å²) in [7, 11) is 0. The van der Waals surface area contributed by atoms with Crippen LogP contribution in [0.2, 0.25) is 0 Å². The SMILES string of the molecule is CC(C)CN1CCN(C(=O)CCOCC2SCC3NC(=O)NC32)CC1. The van der Waals surface area contributed by atoms with E-state index in [0.717, 1.165) is 38.5 Å². The summed E-state index contributed by atoms with van der Waals surface area (Å²) in [6.45, 7) is 10.2. The van der Waals surface area contributed by atoms with Gasteiger partial charge in [0.25, 0.3) is 0 Å². The van der Waals surface area contributed by atoms with Crippen LogP contribution in [-0.2, 0) is 9.53 Å². The Labute approximate surface area is 154 Å². The summed E-state index contributed by atoms with van der Waals surface area (Å²) >= 11 is 1.83. The minimum Gasteiger partial charge on any atom is -0.380 e. The lowest BCUT2D eigenvalue weighted by atomic mass is 10.1. The Morgan fingerprint density at radius 3 is 2.76 bits per heavy atom. The van der Waals surface area contributed by atoms with Gasteiger partial charge in [-0.1, -0.05) is 13.8 Å². The monoisotopic (exact) mass is 370 g/mol. The molecule has 2 N–H and O–H groups in total. The molecule has 25 heavy (non-hydrogen) atoms. The summed E-state index contributed by atoms with van der Waals surface area (Å²) < 4.78 is 5.74. The molecule has 142 valence electrons. The predicted octanol–water partition coefficient (Wildman–Crippen LogP) is 0.359. The van der Waals surface area contributed by atoms with Crippen molar-refractivity contribution in [3.8, 4) is 0 Å². The van der Waals surface area contributed by atoms with Crippen molar-refractivity contribution in [2.45, 2.75) is 37.6 Å². The second kappa shape index (κ2) is 8.60. The zero-order valence-electron chi connectivity index (χ0n) is 15.2. The van der Waals surface area contributed by atoms with Crippen LogP contribution in [0.4, 0.5) is 4.79 Å². The molecule has 0 radical (unpaired) electrons. The molecule has 0 saturated carbocycles. The van der Waals surface area contributed by atoms with E-state index in [1.807, 2.05) is 16.7 Å². The highest BCUT2D eigenvalue weighted by Crippen LogP contribution is 2.29. The lowest BCUT2D eigenvalue weighted by molar-refractivity contribution is -0.134. The van der Waals surface area contributed by atoms with Crippen molar-refractivity contribution in [2.24, 2.45) is 5.92 Å². The zero-order valence-corrected chi connectivity index (χ0v) is 16.0. The van der Waals surface area contributed by atoms with Crippen LogP contribution in [0.3, 0.4) is 0 Å². The molecule has 0 spiro atoms. The van der Waals surface area contributed by atoms with Gasteiger partial charge in [0.1, 0.15) is 0 Å². The van der Waals surface area contributed by atoms with E-state index < -0.39 is 0 Å². The van der Waals surface area contributed by atoms with Crippen LogP contribution in [0.5, 0.6) is 0 Å². The highest BCUT2D eigenvalue weighted by molar-refractivity contribution is 8.00. The maximum absolute atomic E-state index is 12.3. The number of hydrogen-bond acceptors (Lipinski definition) is 5. The standard InChI is InChI=1S/C17H30N4O3S/c1-12(2)9-20-4-6-21(7-5-20)15(22)3-8-24-10-14-16-13(11-25-14)18-17(23)19-16/h12-14,16H,3-11H2,1-2H3,(H2,18,19,23). The number of urea groups is 1. The second-order valence-electron chi connectivity index (χ2n) is 7.52. The molecule has 3 rings (SSSR count). The summed E-state index contributed by atoms with van der Waals surface area (Å²) in [5.74, 6) is 1.79. The van der Waals surface area contributed by atoms with E-state index in [1.165, 1.54) is 0 Å².